The molecule has 118 valence electrons. The van der Waals surface area contributed by atoms with Crippen LogP contribution in [0.1, 0.15) is 17.7 Å². The van der Waals surface area contributed by atoms with Gasteiger partial charge in [0.15, 0.2) is 11.0 Å². The van der Waals surface area contributed by atoms with Crippen LogP contribution in [0.25, 0.3) is 0 Å². The van der Waals surface area contributed by atoms with Gasteiger partial charge in [-0.2, -0.15) is 5.26 Å². The molecule has 23 heavy (non-hydrogen) atoms. The molecule has 8 heteroatoms. The molecule has 1 N–H and O–H groups in total. The number of hydrogen-bond acceptors (Lipinski definition) is 8. The molecule has 1 fully saturated rings. The molecule has 0 amide bonds. The Morgan fingerprint density at radius 3 is 3.00 bits per heavy atom. The molecule has 1 unspecified atom stereocenters. The van der Waals surface area contributed by atoms with E-state index in [2.05, 4.69) is 36.2 Å². The van der Waals surface area contributed by atoms with Crippen LogP contribution in [0.4, 0.5) is 11.6 Å². The fourth-order valence-corrected chi connectivity index (χ4v) is 2.92. The number of nitrogens with one attached hydrogen (secondary N) is 1. The van der Waals surface area contributed by atoms with Crippen molar-refractivity contribution in [2.24, 2.45) is 0 Å². The van der Waals surface area contributed by atoms with Gasteiger partial charge in [-0.25, -0.2) is 19.9 Å². The van der Waals surface area contributed by atoms with Crippen molar-refractivity contribution in [1.82, 2.24) is 19.9 Å². The molecule has 2 aromatic heterocycles. The summed E-state index contributed by atoms with van der Waals surface area (Å²) in [6.07, 6.45) is 6.06. The first-order valence-electron chi connectivity index (χ1n) is 7.31. The Labute approximate surface area is 139 Å². The van der Waals surface area contributed by atoms with E-state index in [0.717, 1.165) is 36.8 Å². The third kappa shape index (κ3) is 3.51. The van der Waals surface area contributed by atoms with Crippen LogP contribution in [-0.4, -0.2) is 45.3 Å². The van der Waals surface area contributed by atoms with E-state index in [1.54, 1.807) is 12.5 Å². The van der Waals surface area contributed by atoms with Crippen LogP contribution in [-0.2, 0) is 0 Å². The molecule has 1 saturated heterocycles. The highest BCUT2D eigenvalue weighted by Crippen LogP contribution is 2.25. The minimum Gasteiger partial charge on any atom is -0.365 e. The number of rotatable bonds is 4. The Kier molecular flexibility index (Phi) is 4.57. The minimum atomic E-state index is 0.267. The van der Waals surface area contributed by atoms with Gasteiger partial charge in [-0.1, -0.05) is 11.8 Å². The van der Waals surface area contributed by atoms with Crippen LogP contribution < -0.4 is 10.2 Å². The summed E-state index contributed by atoms with van der Waals surface area (Å²) in [4.78, 5) is 19.1. The SMILES string of the molecule is CSc1ncc(C#N)c(N2CCC(Nc3cc(C)ncn3)C2)n1. The number of aromatic nitrogens is 4. The zero-order valence-corrected chi connectivity index (χ0v) is 13.8. The van der Waals surface area contributed by atoms with Gasteiger partial charge in [0.2, 0.25) is 0 Å². The van der Waals surface area contributed by atoms with E-state index in [-0.39, 0.29) is 6.04 Å². The summed E-state index contributed by atoms with van der Waals surface area (Å²) in [7, 11) is 0. The van der Waals surface area contributed by atoms with Crippen LogP contribution in [0.15, 0.2) is 23.7 Å². The number of hydrogen-bond donors (Lipinski definition) is 1. The summed E-state index contributed by atoms with van der Waals surface area (Å²) in [6, 6.07) is 4.38. The molecule has 0 radical (unpaired) electrons. The van der Waals surface area contributed by atoms with Crippen molar-refractivity contribution in [3.63, 3.8) is 0 Å². The molecule has 0 bridgehead atoms. The van der Waals surface area contributed by atoms with Crippen molar-refractivity contribution in [2.45, 2.75) is 24.5 Å². The smallest absolute Gasteiger partial charge is 0.189 e. The van der Waals surface area contributed by atoms with Gasteiger partial charge in [0.05, 0.1) is 6.20 Å². The molecule has 1 aliphatic rings. The first kappa shape index (κ1) is 15.5. The summed E-state index contributed by atoms with van der Waals surface area (Å²) >= 11 is 1.48. The standard InChI is InChI=1S/C15H17N7S/c1-10-5-13(19-9-18-10)20-12-3-4-22(8-12)14-11(6-16)7-17-15(21-14)23-2/h5,7,9,12H,3-4,8H2,1-2H3,(H,18,19,20). The van der Waals surface area contributed by atoms with Gasteiger partial charge >= 0.3 is 0 Å². The maximum Gasteiger partial charge on any atom is 0.189 e. The molecule has 1 aliphatic heterocycles. The average molecular weight is 327 g/mol. The molecule has 3 heterocycles. The molecular formula is C15H17N7S. The first-order valence-corrected chi connectivity index (χ1v) is 8.53. The molecule has 0 saturated carbocycles. The molecular weight excluding hydrogens is 310 g/mol. The van der Waals surface area contributed by atoms with Gasteiger partial charge < -0.3 is 10.2 Å². The van der Waals surface area contributed by atoms with Crippen LogP contribution in [0, 0.1) is 18.3 Å². The van der Waals surface area contributed by atoms with E-state index in [9.17, 15) is 5.26 Å². The van der Waals surface area contributed by atoms with Crippen molar-refractivity contribution in [2.75, 3.05) is 29.6 Å². The largest absolute Gasteiger partial charge is 0.365 e. The van der Waals surface area contributed by atoms with Gasteiger partial charge in [0.25, 0.3) is 0 Å². The summed E-state index contributed by atoms with van der Waals surface area (Å²) in [5.41, 5.74) is 1.45. The highest BCUT2D eigenvalue weighted by Gasteiger charge is 2.26. The summed E-state index contributed by atoms with van der Waals surface area (Å²) in [6.45, 7) is 3.57. The minimum absolute atomic E-state index is 0.267. The molecule has 2 aromatic rings. The zero-order valence-electron chi connectivity index (χ0n) is 13.0. The second-order valence-corrected chi connectivity index (χ2v) is 6.10. The van der Waals surface area contributed by atoms with Gasteiger partial charge in [-0.15, -0.1) is 0 Å². The first-order chi connectivity index (χ1) is 11.2. The highest BCUT2D eigenvalue weighted by atomic mass is 32.2. The average Bonchev–Trinajstić information content (AvgIpc) is 3.02. The zero-order chi connectivity index (χ0) is 16.2. The van der Waals surface area contributed by atoms with Gasteiger partial charge in [-0.05, 0) is 19.6 Å². The maximum absolute atomic E-state index is 9.28. The lowest BCUT2D eigenvalue weighted by Gasteiger charge is -2.19. The monoisotopic (exact) mass is 327 g/mol. The van der Waals surface area contributed by atoms with Crippen molar-refractivity contribution in [3.05, 3.63) is 29.8 Å². The van der Waals surface area contributed by atoms with Gasteiger partial charge in [0.1, 0.15) is 23.8 Å². The van der Waals surface area contributed by atoms with Crippen LogP contribution in [0.5, 0.6) is 0 Å². The van der Waals surface area contributed by atoms with Crippen LogP contribution in [0.3, 0.4) is 0 Å². The van der Waals surface area contributed by atoms with E-state index in [4.69, 9.17) is 0 Å². The molecule has 0 aliphatic carbocycles. The second-order valence-electron chi connectivity index (χ2n) is 5.33. The number of aryl methyl sites for hydroxylation is 1. The van der Waals surface area contributed by atoms with E-state index in [1.807, 2.05) is 19.2 Å². The molecule has 0 spiro atoms. The predicted molar refractivity (Wildman–Crippen MR) is 89.5 cm³/mol. The lowest BCUT2D eigenvalue weighted by molar-refractivity contribution is 0.795. The van der Waals surface area contributed by atoms with Crippen molar-refractivity contribution >= 4 is 23.4 Å². The number of thioether (sulfide) groups is 1. The van der Waals surface area contributed by atoms with Crippen molar-refractivity contribution < 1.29 is 0 Å². The normalized spacial score (nSPS) is 17.1. The van der Waals surface area contributed by atoms with E-state index < -0.39 is 0 Å². The molecule has 7 nitrogen and oxygen atoms in total. The second kappa shape index (κ2) is 6.79. The Morgan fingerprint density at radius 1 is 1.39 bits per heavy atom. The Morgan fingerprint density at radius 2 is 2.26 bits per heavy atom. The van der Waals surface area contributed by atoms with Crippen LogP contribution >= 0.6 is 11.8 Å². The summed E-state index contributed by atoms with van der Waals surface area (Å²) in [5, 5.41) is 13.4. The van der Waals surface area contributed by atoms with Crippen LogP contribution in [0.2, 0.25) is 0 Å². The fraction of sp³-hybridized carbons (Fsp3) is 0.400. The van der Waals surface area contributed by atoms with Gasteiger partial charge in [-0.3, -0.25) is 0 Å². The third-order valence-electron chi connectivity index (χ3n) is 3.69. The molecule has 0 aromatic carbocycles. The van der Waals surface area contributed by atoms with E-state index in [1.165, 1.54) is 11.8 Å². The summed E-state index contributed by atoms with van der Waals surface area (Å²) in [5.74, 6) is 1.55. The number of nitrogens with zero attached hydrogens (tertiary/aromatic N) is 6. The Balaban J connectivity index is 1.74. The lowest BCUT2D eigenvalue weighted by atomic mass is 10.2. The summed E-state index contributed by atoms with van der Waals surface area (Å²) < 4.78 is 0. The van der Waals surface area contributed by atoms with Gasteiger partial charge in [0, 0.05) is 30.9 Å². The Bertz CT molecular complexity index is 743. The molecule has 3 rings (SSSR count). The van der Waals surface area contributed by atoms with E-state index >= 15 is 0 Å². The molecule has 1 atom stereocenters. The van der Waals surface area contributed by atoms with E-state index in [0.29, 0.717) is 10.7 Å². The number of nitriles is 1. The maximum atomic E-state index is 9.28. The predicted octanol–water partition coefficient (Wildman–Crippen LogP) is 1.86. The van der Waals surface area contributed by atoms with Crippen molar-refractivity contribution in [1.29, 1.82) is 5.26 Å². The lowest BCUT2D eigenvalue weighted by Crippen LogP contribution is -2.27. The topological polar surface area (TPSA) is 90.6 Å². The fourth-order valence-electron chi connectivity index (χ4n) is 2.59. The quantitative estimate of drug-likeness (QED) is 0.672. The highest BCUT2D eigenvalue weighted by molar-refractivity contribution is 7.98. The third-order valence-corrected chi connectivity index (χ3v) is 4.25. The number of anilines is 2. The van der Waals surface area contributed by atoms with Crippen molar-refractivity contribution in [3.8, 4) is 6.07 Å². The Hall–Kier alpha value is -2.40.